The van der Waals surface area contributed by atoms with E-state index in [2.05, 4.69) is 5.10 Å². The van der Waals surface area contributed by atoms with Gasteiger partial charge in [0, 0.05) is 18.0 Å². The second-order valence-corrected chi connectivity index (χ2v) is 5.55. The minimum atomic E-state index is -0.569. The third-order valence-electron chi connectivity index (χ3n) is 3.80. The quantitative estimate of drug-likeness (QED) is 0.525. The lowest BCUT2D eigenvalue weighted by Gasteiger charge is -2.08. The highest BCUT2D eigenvalue weighted by molar-refractivity contribution is 5.98. The van der Waals surface area contributed by atoms with Crippen LogP contribution in [-0.4, -0.2) is 28.1 Å². The van der Waals surface area contributed by atoms with Crippen LogP contribution in [0.25, 0.3) is 10.8 Å². The predicted molar refractivity (Wildman–Crippen MR) is 92.4 cm³/mol. The Kier molecular flexibility index (Phi) is 4.70. The Labute approximate surface area is 143 Å². The highest BCUT2D eigenvalue weighted by atomic mass is 16.5. The zero-order chi connectivity index (χ0) is 17.8. The number of fused-ring (bicyclic) bond motifs is 1. The van der Waals surface area contributed by atoms with Crippen LogP contribution in [0.1, 0.15) is 16.1 Å². The maximum Gasteiger partial charge on any atom is 0.312 e. The third-order valence-corrected chi connectivity index (χ3v) is 3.80. The standard InChI is InChI=1S/C19H16N2O4/c1-21-19(24)15-10-6-5-9-14(15)16(20-21)11-18(23)25-12-17(22)13-7-3-2-4-8-13/h2-10H,11-12H2,1H3. The normalized spacial score (nSPS) is 10.6. The molecule has 0 N–H and O–H groups in total. The second kappa shape index (κ2) is 7.09. The maximum atomic E-state index is 12.1. The SMILES string of the molecule is Cn1nc(CC(=O)OCC(=O)c2ccccc2)c2ccccc2c1=O. The van der Waals surface area contributed by atoms with Gasteiger partial charge in [-0.15, -0.1) is 0 Å². The van der Waals surface area contributed by atoms with E-state index in [9.17, 15) is 14.4 Å². The van der Waals surface area contributed by atoms with Crippen molar-refractivity contribution in [2.75, 3.05) is 6.61 Å². The Hall–Kier alpha value is -3.28. The van der Waals surface area contributed by atoms with Crippen LogP contribution in [0.2, 0.25) is 0 Å². The fourth-order valence-corrected chi connectivity index (χ4v) is 2.55. The molecule has 0 saturated heterocycles. The molecule has 0 fully saturated rings. The van der Waals surface area contributed by atoms with Gasteiger partial charge in [-0.05, 0) is 6.07 Å². The van der Waals surface area contributed by atoms with E-state index in [1.54, 1.807) is 54.6 Å². The first-order valence-corrected chi connectivity index (χ1v) is 7.75. The molecule has 1 heterocycles. The third kappa shape index (κ3) is 3.63. The number of aryl methyl sites for hydroxylation is 1. The summed E-state index contributed by atoms with van der Waals surface area (Å²) in [6, 6.07) is 15.6. The van der Waals surface area contributed by atoms with Crippen LogP contribution in [0.5, 0.6) is 0 Å². The monoisotopic (exact) mass is 336 g/mol. The van der Waals surface area contributed by atoms with Crippen LogP contribution in [0, 0.1) is 0 Å². The van der Waals surface area contributed by atoms with Gasteiger partial charge in [-0.3, -0.25) is 14.4 Å². The van der Waals surface area contributed by atoms with Crippen molar-refractivity contribution >= 4 is 22.5 Å². The Balaban J connectivity index is 1.74. The molecule has 6 heteroatoms. The van der Waals surface area contributed by atoms with Gasteiger partial charge in [-0.25, -0.2) is 4.68 Å². The average molecular weight is 336 g/mol. The Morgan fingerprint density at radius 1 is 1.00 bits per heavy atom. The van der Waals surface area contributed by atoms with Crippen LogP contribution in [-0.2, 0) is 23.0 Å². The van der Waals surface area contributed by atoms with E-state index in [4.69, 9.17) is 4.74 Å². The first-order valence-electron chi connectivity index (χ1n) is 7.75. The van der Waals surface area contributed by atoms with Gasteiger partial charge in [-0.1, -0.05) is 48.5 Å². The van der Waals surface area contributed by atoms with Gasteiger partial charge >= 0.3 is 5.97 Å². The molecule has 6 nitrogen and oxygen atoms in total. The minimum absolute atomic E-state index is 0.114. The van der Waals surface area contributed by atoms with Gasteiger partial charge in [0.2, 0.25) is 0 Å². The summed E-state index contributed by atoms with van der Waals surface area (Å²) in [7, 11) is 1.53. The number of esters is 1. The van der Waals surface area contributed by atoms with Crippen LogP contribution < -0.4 is 5.56 Å². The number of carbonyl (C=O) groups is 2. The van der Waals surface area contributed by atoms with Gasteiger partial charge in [0.05, 0.1) is 17.5 Å². The van der Waals surface area contributed by atoms with Gasteiger partial charge in [0.15, 0.2) is 12.4 Å². The number of rotatable bonds is 5. The first-order chi connectivity index (χ1) is 12.1. The fraction of sp³-hybridized carbons (Fsp3) is 0.158. The fourth-order valence-electron chi connectivity index (χ4n) is 2.55. The molecule has 0 radical (unpaired) electrons. The first kappa shape index (κ1) is 16.6. The van der Waals surface area contributed by atoms with E-state index in [1.165, 1.54) is 11.7 Å². The second-order valence-electron chi connectivity index (χ2n) is 5.55. The summed E-state index contributed by atoms with van der Waals surface area (Å²) in [5, 5.41) is 5.24. The smallest absolute Gasteiger partial charge is 0.312 e. The van der Waals surface area contributed by atoms with Crippen LogP contribution >= 0.6 is 0 Å². The zero-order valence-electron chi connectivity index (χ0n) is 13.6. The summed E-state index contributed by atoms with van der Waals surface area (Å²) >= 11 is 0. The molecule has 0 amide bonds. The van der Waals surface area contributed by atoms with Crippen molar-refractivity contribution in [1.29, 1.82) is 0 Å². The number of Topliss-reactive ketones (excluding diaryl/α,β-unsaturated/α-hetero) is 1. The largest absolute Gasteiger partial charge is 0.457 e. The molecule has 3 rings (SSSR count). The minimum Gasteiger partial charge on any atom is -0.457 e. The average Bonchev–Trinajstić information content (AvgIpc) is 2.64. The molecule has 0 bridgehead atoms. The molecule has 3 aromatic rings. The van der Waals surface area contributed by atoms with Crippen LogP contribution in [0.3, 0.4) is 0 Å². The number of nitrogens with zero attached hydrogens (tertiary/aromatic N) is 2. The molecule has 0 spiro atoms. The lowest BCUT2D eigenvalue weighted by atomic mass is 10.1. The molecule has 126 valence electrons. The van der Waals surface area contributed by atoms with Crippen molar-refractivity contribution in [1.82, 2.24) is 9.78 Å². The molecule has 0 atom stereocenters. The molecule has 0 aliphatic carbocycles. The Morgan fingerprint density at radius 2 is 1.64 bits per heavy atom. The summed E-state index contributed by atoms with van der Waals surface area (Å²) in [5.74, 6) is -0.840. The molecule has 25 heavy (non-hydrogen) atoms. The Morgan fingerprint density at radius 3 is 2.36 bits per heavy atom. The van der Waals surface area contributed by atoms with Crippen molar-refractivity contribution < 1.29 is 14.3 Å². The zero-order valence-corrected chi connectivity index (χ0v) is 13.6. The molecular weight excluding hydrogens is 320 g/mol. The summed E-state index contributed by atoms with van der Waals surface area (Å²) in [4.78, 5) is 36.1. The van der Waals surface area contributed by atoms with Crippen molar-refractivity contribution in [3.05, 3.63) is 76.2 Å². The van der Waals surface area contributed by atoms with E-state index < -0.39 is 5.97 Å². The number of ketones is 1. The van der Waals surface area contributed by atoms with Gasteiger partial charge in [0.1, 0.15) is 0 Å². The van der Waals surface area contributed by atoms with E-state index >= 15 is 0 Å². The van der Waals surface area contributed by atoms with Crippen LogP contribution in [0.4, 0.5) is 0 Å². The predicted octanol–water partition coefficient (Wildman–Crippen LogP) is 1.90. The molecule has 0 aliphatic heterocycles. The van der Waals surface area contributed by atoms with Crippen molar-refractivity contribution in [2.45, 2.75) is 6.42 Å². The maximum absolute atomic E-state index is 12.1. The number of hydrogen-bond donors (Lipinski definition) is 0. The topological polar surface area (TPSA) is 78.3 Å². The van der Waals surface area contributed by atoms with E-state index in [-0.39, 0.29) is 24.4 Å². The summed E-state index contributed by atoms with van der Waals surface area (Å²) < 4.78 is 6.26. The molecule has 2 aromatic carbocycles. The lowest BCUT2D eigenvalue weighted by molar-refractivity contribution is -0.141. The molecule has 0 unspecified atom stereocenters. The van der Waals surface area contributed by atoms with Gasteiger partial charge in [0.25, 0.3) is 5.56 Å². The van der Waals surface area contributed by atoms with E-state index in [0.29, 0.717) is 22.0 Å². The van der Waals surface area contributed by atoms with Crippen molar-refractivity contribution in [2.24, 2.45) is 7.05 Å². The highest BCUT2D eigenvalue weighted by Gasteiger charge is 2.15. The molecule has 0 saturated carbocycles. The van der Waals surface area contributed by atoms with Crippen molar-refractivity contribution in [3.8, 4) is 0 Å². The number of carbonyl (C=O) groups excluding carboxylic acids is 2. The van der Waals surface area contributed by atoms with E-state index in [1.807, 2.05) is 0 Å². The number of ether oxygens (including phenoxy) is 1. The molecular formula is C19H16N2O4. The molecule has 1 aromatic heterocycles. The number of aromatic nitrogens is 2. The van der Waals surface area contributed by atoms with Crippen molar-refractivity contribution in [3.63, 3.8) is 0 Å². The van der Waals surface area contributed by atoms with Gasteiger partial charge < -0.3 is 4.74 Å². The number of benzene rings is 2. The Bertz CT molecular complexity index is 993. The van der Waals surface area contributed by atoms with Gasteiger partial charge in [-0.2, -0.15) is 5.10 Å². The lowest BCUT2D eigenvalue weighted by Crippen LogP contribution is -2.23. The number of hydrogen-bond acceptors (Lipinski definition) is 5. The van der Waals surface area contributed by atoms with Crippen LogP contribution in [0.15, 0.2) is 59.4 Å². The summed E-state index contributed by atoms with van der Waals surface area (Å²) in [6.45, 7) is -0.327. The summed E-state index contributed by atoms with van der Waals surface area (Å²) in [6.07, 6.45) is -0.114. The van der Waals surface area contributed by atoms with E-state index in [0.717, 1.165) is 0 Å². The molecule has 0 aliphatic rings. The highest BCUT2D eigenvalue weighted by Crippen LogP contribution is 2.14. The summed E-state index contributed by atoms with van der Waals surface area (Å²) in [5.41, 5.74) is 0.697.